The molecular weight excluding hydrogens is 290 g/mol. The maximum absolute atomic E-state index is 12.1. The molecule has 0 aliphatic heterocycles. The molecule has 1 unspecified atom stereocenters. The third-order valence-electron chi connectivity index (χ3n) is 2.94. The Kier molecular flexibility index (Phi) is 4.77. The van der Waals surface area contributed by atoms with Crippen molar-refractivity contribution in [3.63, 3.8) is 0 Å². The zero-order valence-electron chi connectivity index (χ0n) is 11.8. The van der Waals surface area contributed by atoms with E-state index in [4.69, 9.17) is 0 Å². The lowest BCUT2D eigenvalue weighted by molar-refractivity contribution is 0.102. The lowest BCUT2D eigenvalue weighted by atomic mass is 10.1. The molecule has 0 saturated carbocycles. The molecule has 4 N–H and O–H groups in total. The maximum Gasteiger partial charge on any atom is 0.264 e. The molecule has 6 nitrogen and oxygen atoms in total. The van der Waals surface area contributed by atoms with Crippen molar-refractivity contribution in [2.24, 2.45) is 0 Å². The average Bonchev–Trinajstić information content (AvgIpc) is 2.87. The van der Waals surface area contributed by atoms with Crippen molar-refractivity contribution in [2.45, 2.75) is 19.9 Å². The van der Waals surface area contributed by atoms with Gasteiger partial charge in [-0.05, 0) is 25.6 Å². The Balaban J connectivity index is 2.13. The molecule has 1 atom stereocenters. The van der Waals surface area contributed by atoms with Crippen LogP contribution in [0.5, 0.6) is 11.5 Å². The first-order valence-corrected chi connectivity index (χ1v) is 7.42. The van der Waals surface area contributed by atoms with Crippen LogP contribution in [0.15, 0.2) is 23.6 Å². The molecule has 2 rings (SSSR count). The van der Waals surface area contributed by atoms with Crippen LogP contribution >= 0.6 is 11.3 Å². The minimum atomic E-state index is -0.595. The second-order valence-electron chi connectivity index (χ2n) is 4.48. The SMILES string of the molecule is CCNC(C)c1csc(NC(=O)c2c(O)cccc2O)n1. The Morgan fingerprint density at radius 3 is 2.67 bits per heavy atom. The van der Waals surface area contributed by atoms with Crippen molar-refractivity contribution in [3.8, 4) is 11.5 Å². The van der Waals surface area contributed by atoms with Crippen LogP contribution in [0.4, 0.5) is 5.13 Å². The molecule has 0 saturated heterocycles. The molecule has 1 aromatic heterocycles. The number of hydrogen-bond donors (Lipinski definition) is 4. The Labute approximate surface area is 126 Å². The number of aromatic hydroxyl groups is 2. The fraction of sp³-hybridized carbons (Fsp3) is 0.286. The first-order valence-electron chi connectivity index (χ1n) is 6.54. The zero-order chi connectivity index (χ0) is 15.4. The van der Waals surface area contributed by atoms with Crippen LogP contribution in [0, 0.1) is 0 Å². The van der Waals surface area contributed by atoms with Crippen LogP contribution < -0.4 is 10.6 Å². The standard InChI is InChI=1S/C14H17N3O3S/c1-3-15-8(2)9-7-21-14(16-9)17-13(20)12-10(18)5-4-6-11(12)19/h4-8,15,18-19H,3H2,1-2H3,(H,16,17,20). The second-order valence-corrected chi connectivity index (χ2v) is 5.34. The molecule has 21 heavy (non-hydrogen) atoms. The zero-order valence-corrected chi connectivity index (χ0v) is 12.6. The highest BCUT2D eigenvalue weighted by Crippen LogP contribution is 2.28. The van der Waals surface area contributed by atoms with Gasteiger partial charge in [-0.2, -0.15) is 0 Å². The smallest absolute Gasteiger partial charge is 0.264 e. The first-order chi connectivity index (χ1) is 10.0. The molecule has 112 valence electrons. The Bertz CT molecular complexity index is 622. The van der Waals surface area contributed by atoms with Crippen molar-refractivity contribution in [1.29, 1.82) is 0 Å². The van der Waals surface area contributed by atoms with Gasteiger partial charge in [-0.15, -0.1) is 11.3 Å². The molecule has 0 spiro atoms. The minimum Gasteiger partial charge on any atom is -0.507 e. The van der Waals surface area contributed by atoms with Gasteiger partial charge in [0.15, 0.2) is 5.13 Å². The van der Waals surface area contributed by atoms with E-state index in [1.807, 2.05) is 19.2 Å². The predicted molar refractivity (Wildman–Crippen MR) is 81.9 cm³/mol. The van der Waals surface area contributed by atoms with Crippen LogP contribution in [0.3, 0.4) is 0 Å². The fourth-order valence-electron chi connectivity index (χ4n) is 1.87. The summed E-state index contributed by atoms with van der Waals surface area (Å²) in [6.45, 7) is 4.82. The number of nitrogens with one attached hydrogen (secondary N) is 2. The van der Waals surface area contributed by atoms with E-state index in [0.717, 1.165) is 12.2 Å². The number of phenolic OH excluding ortho intramolecular Hbond substituents is 2. The van der Waals surface area contributed by atoms with Gasteiger partial charge in [0, 0.05) is 11.4 Å². The number of nitrogens with zero attached hydrogens (tertiary/aromatic N) is 1. The van der Waals surface area contributed by atoms with Gasteiger partial charge in [0.2, 0.25) is 0 Å². The van der Waals surface area contributed by atoms with Crippen LogP contribution in [0.1, 0.15) is 35.9 Å². The van der Waals surface area contributed by atoms with E-state index >= 15 is 0 Å². The van der Waals surface area contributed by atoms with Crippen molar-refractivity contribution >= 4 is 22.4 Å². The number of rotatable bonds is 5. The number of aromatic nitrogens is 1. The summed E-state index contributed by atoms with van der Waals surface area (Å²) in [5.41, 5.74) is 0.674. The molecule has 1 aromatic carbocycles. The summed E-state index contributed by atoms with van der Waals surface area (Å²) < 4.78 is 0. The number of benzene rings is 1. The van der Waals surface area contributed by atoms with E-state index in [-0.39, 0.29) is 23.1 Å². The van der Waals surface area contributed by atoms with E-state index in [1.165, 1.54) is 29.5 Å². The van der Waals surface area contributed by atoms with Gasteiger partial charge in [0.25, 0.3) is 5.91 Å². The number of carbonyl (C=O) groups excluding carboxylic acids is 1. The minimum absolute atomic E-state index is 0.0930. The van der Waals surface area contributed by atoms with Crippen LogP contribution in [0.2, 0.25) is 0 Å². The number of hydrogen-bond acceptors (Lipinski definition) is 6. The van der Waals surface area contributed by atoms with Gasteiger partial charge in [-0.25, -0.2) is 4.98 Å². The lowest BCUT2D eigenvalue weighted by Crippen LogP contribution is -2.18. The summed E-state index contributed by atoms with van der Waals surface area (Å²) in [5, 5.41) is 27.4. The van der Waals surface area contributed by atoms with Crippen molar-refractivity contribution in [2.75, 3.05) is 11.9 Å². The normalized spacial score (nSPS) is 12.1. The summed E-state index contributed by atoms with van der Waals surface area (Å²) in [5.74, 6) is -1.14. The van der Waals surface area contributed by atoms with Gasteiger partial charge < -0.3 is 15.5 Å². The highest BCUT2D eigenvalue weighted by atomic mass is 32.1. The van der Waals surface area contributed by atoms with Crippen LogP contribution in [-0.2, 0) is 0 Å². The van der Waals surface area contributed by atoms with E-state index < -0.39 is 5.91 Å². The van der Waals surface area contributed by atoms with Gasteiger partial charge in [-0.3, -0.25) is 10.1 Å². The number of thiazole rings is 1. The predicted octanol–water partition coefficient (Wildman–Crippen LogP) is 2.48. The molecule has 7 heteroatoms. The molecule has 0 radical (unpaired) electrons. The topological polar surface area (TPSA) is 94.5 Å². The largest absolute Gasteiger partial charge is 0.507 e. The molecule has 0 bridgehead atoms. The molecule has 0 aliphatic carbocycles. The summed E-state index contributed by atoms with van der Waals surface area (Å²) in [4.78, 5) is 16.4. The Morgan fingerprint density at radius 1 is 1.38 bits per heavy atom. The quantitative estimate of drug-likeness (QED) is 0.681. The van der Waals surface area contributed by atoms with Crippen LogP contribution in [-0.4, -0.2) is 27.6 Å². The second kappa shape index (κ2) is 6.55. The monoisotopic (exact) mass is 307 g/mol. The van der Waals surface area contributed by atoms with E-state index in [0.29, 0.717) is 5.13 Å². The van der Waals surface area contributed by atoms with E-state index in [1.54, 1.807) is 0 Å². The van der Waals surface area contributed by atoms with Gasteiger partial charge in [0.05, 0.1) is 5.69 Å². The third-order valence-corrected chi connectivity index (χ3v) is 3.72. The number of carbonyl (C=O) groups is 1. The highest BCUT2D eigenvalue weighted by molar-refractivity contribution is 7.14. The Morgan fingerprint density at radius 2 is 2.05 bits per heavy atom. The molecule has 1 heterocycles. The molecular formula is C14H17N3O3S. The fourth-order valence-corrected chi connectivity index (χ4v) is 2.67. The highest BCUT2D eigenvalue weighted by Gasteiger charge is 2.18. The average molecular weight is 307 g/mol. The van der Waals surface area contributed by atoms with Crippen molar-refractivity contribution in [3.05, 3.63) is 34.8 Å². The van der Waals surface area contributed by atoms with Crippen molar-refractivity contribution < 1.29 is 15.0 Å². The summed E-state index contributed by atoms with van der Waals surface area (Å²) in [7, 11) is 0. The van der Waals surface area contributed by atoms with Crippen LogP contribution in [0.25, 0.3) is 0 Å². The molecule has 0 aliphatic rings. The molecule has 1 amide bonds. The summed E-state index contributed by atoms with van der Waals surface area (Å²) in [6.07, 6.45) is 0. The van der Waals surface area contributed by atoms with E-state index in [2.05, 4.69) is 15.6 Å². The number of phenols is 2. The number of amides is 1. The third kappa shape index (κ3) is 3.50. The summed E-state index contributed by atoms with van der Waals surface area (Å²) in [6, 6.07) is 4.24. The lowest BCUT2D eigenvalue weighted by Gasteiger charge is -2.08. The Hall–Kier alpha value is -2.12. The first kappa shape index (κ1) is 15.3. The van der Waals surface area contributed by atoms with Gasteiger partial charge >= 0.3 is 0 Å². The van der Waals surface area contributed by atoms with E-state index in [9.17, 15) is 15.0 Å². The molecule has 2 aromatic rings. The van der Waals surface area contributed by atoms with Gasteiger partial charge in [0.1, 0.15) is 17.1 Å². The van der Waals surface area contributed by atoms with Crippen molar-refractivity contribution in [1.82, 2.24) is 10.3 Å². The maximum atomic E-state index is 12.1. The molecule has 0 fully saturated rings. The summed E-state index contributed by atoms with van der Waals surface area (Å²) >= 11 is 1.29. The van der Waals surface area contributed by atoms with Gasteiger partial charge in [-0.1, -0.05) is 13.0 Å². The number of anilines is 1.